The van der Waals surface area contributed by atoms with Crippen molar-refractivity contribution < 1.29 is 4.52 Å². The lowest BCUT2D eigenvalue weighted by Crippen LogP contribution is -2.06. The summed E-state index contributed by atoms with van der Waals surface area (Å²) in [5, 5.41) is 7.46. The van der Waals surface area contributed by atoms with Crippen molar-refractivity contribution in [2.45, 2.75) is 38.6 Å². The first-order chi connectivity index (χ1) is 8.86. The van der Waals surface area contributed by atoms with E-state index in [4.69, 9.17) is 4.52 Å². The molecule has 3 rings (SSSR count). The summed E-state index contributed by atoms with van der Waals surface area (Å²) in [5.41, 5.74) is 2.49. The Bertz CT molecular complexity index is 510. The van der Waals surface area contributed by atoms with Crippen LogP contribution >= 0.6 is 0 Å². The molecule has 0 bridgehead atoms. The second kappa shape index (κ2) is 4.80. The number of nitrogens with one attached hydrogen (secondary N) is 1. The zero-order valence-corrected chi connectivity index (χ0v) is 10.5. The van der Waals surface area contributed by atoms with Gasteiger partial charge in [-0.3, -0.25) is 0 Å². The number of aromatic nitrogens is 2. The second-order valence-electron chi connectivity index (χ2n) is 4.71. The Hall–Kier alpha value is -1.84. The van der Waals surface area contributed by atoms with Crippen molar-refractivity contribution in [1.29, 1.82) is 0 Å². The minimum Gasteiger partial charge on any atom is -0.373 e. The molecular weight excluding hydrogens is 226 g/mol. The van der Waals surface area contributed by atoms with Crippen LogP contribution < -0.4 is 5.32 Å². The summed E-state index contributed by atoms with van der Waals surface area (Å²) in [7, 11) is 0. The molecule has 1 unspecified atom stereocenters. The maximum atomic E-state index is 5.35. The van der Waals surface area contributed by atoms with Gasteiger partial charge < -0.3 is 9.84 Å². The van der Waals surface area contributed by atoms with E-state index in [1.165, 1.54) is 11.3 Å². The highest BCUT2D eigenvalue weighted by Crippen LogP contribution is 2.32. The van der Waals surface area contributed by atoms with Crippen LogP contribution in [-0.4, -0.2) is 10.1 Å². The van der Waals surface area contributed by atoms with Gasteiger partial charge in [-0.1, -0.05) is 36.7 Å². The van der Waals surface area contributed by atoms with Crippen molar-refractivity contribution in [2.24, 2.45) is 0 Å². The van der Waals surface area contributed by atoms with Gasteiger partial charge >= 0.3 is 0 Å². The van der Waals surface area contributed by atoms with E-state index < -0.39 is 0 Å². The number of hydrogen-bond acceptors (Lipinski definition) is 4. The van der Waals surface area contributed by atoms with Crippen LogP contribution in [0.4, 0.5) is 5.69 Å². The fourth-order valence-corrected chi connectivity index (χ4v) is 2.29. The van der Waals surface area contributed by atoms with Crippen molar-refractivity contribution in [1.82, 2.24) is 10.1 Å². The van der Waals surface area contributed by atoms with E-state index in [0.717, 1.165) is 31.5 Å². The predicted molar refractivity (Wildman–Crippen MR) is 69.4 cm³/mol. The Labute approximate surface area is 106 Å². The molecule has 0 saturated heterocycles. The molecule has 2 aromatic rings. The van der Waals surface area contributed by atoms with Gasteiger partial charge in [-0.2, -0.15) is 4.98 Å². The summed E-state index contributed by atoms with van der Waals surface area (Å²) in [4.78, 5) is 4.47. The van der Waals surface area contributed by atoms with Crippen LogP contribution in [-0.2, 0) is 12.8 Å². The quantitative estimate of drug-likeness (QED) is 0.896. The van der Waals surface area contributed by atoms with E-state index in [9.17, 15) is 0 Å². The maximum absolute atomic E-state index is 5.35. The minimum atomic E-state index is 0.130. The topological polar surface area (TPSA) is 51.0 Å². The van der Waals surface area contributed by atoms with E-state index in [1.807, 2.05) is 6.07 Å². The van der Waals surface area contributed by atoms with Gasteiger partial charge in [-0.05, 0) is 18.1 Å². The first kappa shape index (κ1) is 11.3. The Kier molecular flexibility index (Phi) is 3.00. The smallest absolute Gasteiger partial charge is 0.249 e. The van der Waals surface area contributed by atoms with Crippen LogP contribution in [0.2, 0.25) is 0 Å². The number of fused-ring (bicyclic) bond motifs is 1. The predicted octanol–water partition coefficient (Wildman–Crippen LogP) is 3.12. The van der Waals surface area contributed by atoms with Gasteiger partial charge in [0.15, 0.2) is 5.82 Å². The van der Waals surface area contributed by atoms with Crippen LogP contribution in [0.5, 0.6) is 0 Å². The third-order valence-corrected chi connectivity index (χ3v) is 3.31. The van der Waals surface area contributed by atoms with Crippen LogP contribution in [0.15, 0.2) is 28.8 Å². The molecule has 1 aromatic heterocycles. The molecule has 0 spiro atoms. The minimum absolute atomic E-state index is 0.130. The highest BCUT2D eigenvalue weighted by Gasteiger charge is 2.26. The molecule has 4 heteroatoms. The first-order valence-corrected chi connectivity index (χ1v) is 6.53. The van der Waals surface area contributed by atoms with Gasteiger partial charge in [0.2, 0.25) is 5.89 Å². The summed E-state index contributed by atoms with van der Waals surface area (Å²) in [6, 6.07) is 8.45. The SMILES string of the molecule is CCCCc1noc(C2Cc3ccccc3N2)n1. The molecule has 1 atom stereocenters. The van der Waals surface area contributed by atoms with E-state index >= 15 is 0 Å². The lowest BCUT2D eigenvalue weighted by Gasteiger charge is -2.04. The molecule has 0 aliphatic carbocycles. The van der Waals surface area contributed by atoms with Crippen molar-refractivity contribution in [3.8, 4) is 0 Å². The number of hydrogen-bond donors (Lipinski definition) is 1. The molecule has 0 amide bonds. The van der Waals surface area contributed by atoms with Crippen LogP contribution in [0.3, 0.4) is 0 Å². The monoisotopic (exact) mass is 243 g/mol. The highest BCUT2D eigenvalue weighted by molar-refractivity contribution is 5.56. The molecular formula is C14H17N3O. The van der Waals surface area contributed by atoms with E-state index in [1.54, 1.807) is 0 Å². The standard InChI is InChI=1S/C14H17N3O/c1-2-3-8-13-16-14(18-17-13)12-9-10-6-4-5-7-11(10)15-12/h4-7,12,15H,2-3,8-9H2,1H3. The summed E-state index contributed by atoms with van der Waals surface area (Å²) >= 11 is 0. The number of nitrogens with zero attached hydrogens (tertiary/aromatic N) is 2. The van der Waals surface area contributed by atoms with Gasteiger partial charge in [-0.15, -0.1) is 0 Å². The van der Waals surface area contributed by atoms with E-state index in [-0.39, 0.29) is 6.04 Å². The van der Waals surface area contributed by atoms with Crippen molar-refractivity contribution in [2.75, 3.05) is 5.32 Å². The molecule has 1 aliphatic heterocycles. The Balaban J connectivity index is 1.72. The van der Waals surface area contributed by atoms with Gasteiger partial charge in [0.25, 0.3) is 0 Å². The first-order valence-electron chi connectivity index (χ1n) is 6.53. The lowest BCUT2D eigenvalue weighted by atomic mass is 10.1. The summed E-state index contributed by atoms with van der Waals surface area (Å²) < 4.78 is 5.35. The molecule has 1 N–H and O–H groups in total. The number of aryl methyl sites for hydroxylation is 1. The van der Waals surface area contributed by atoms with Crippen LogP contribution in [0.25, 0.3) is 0 Å². The zero-order valence-electron chi connectivity index (χ0n) is 10.5. The average molecular weight is 243 g/mol. The number of para-hydroxylation sites is 1. The number of benzene rings is 1. The van der Waals surface area contributed by atoms with Gasteiger partial charge in [0.1, 0.15) is 6.04 Å². The summed E-state index contributed by atoms with van der Waals surface area (Å²) in [6.45, 7) is 2.16. The van der Waals surface area contributed by atoms with Crippen LogP contribution in [0.1, 0.15) is 43.1 Å². The zero-order chi connectivity index (χ0) is 12.4. The molecule has 0 fully saturated rings. The van der Waals surface area contributed by atoms with Crippen molar-refractivity contribution >= 4 is 5.69 Å². The molecule has 94 valence electrons. The summed E-state index contributed by atoms with van der Waals surface area (Å²) in [6.07, 6.45) is 4.08. The molecule has 0 radical (unpaired) electrons. The normalized spacial score (nSPS) is 17.5. The largest absolute Gasteiger partial charge is 0.373 e. The summed E-state index contributed by atoms with van der Waals surface area (Å²) in [5.74, 6) is 1.53. The maximum Gasteiger partial charge on any atom is 0.249 e. The third-order valence-electron chi connectivity index (χ3n) is 3.31. The third kappa shape index (κ3) is 2.10. The van der Waals surface area contributed by atoms with Gasteiger partial charge in [0.05, 0.1) is 0 Å². The number of anilines is 1. The lowest BCUT2D eigenvalue weighted by molar-refractivity contribution is 0.359. The van der Waals surface area contributed by atoms with Gasteiger partial charge in [-0.25, -0.2) is 0 Å². The Morgan fingerprint density at radius 1 is 1.39 bits per heavy atom. The molecule has 2 heterocycles. The Morgan fingerprint density at radius 3 is 3.11 bits per heavy atom. The molecule has 1 aromatic carbocycles. The molecule has 0 saturated carbocycles. The fourth-order valence-electron chi connectivity index (χ4n) is 2.29. The second-order valence-corrected chi connectivity index (χ2v) is 4.71. The van der Waals surface area contributed by atoms with Gasteiger partial charge in [0, 0.05) is 18.5 Å². The number of rotatable bonds is 4. The van der Waals surface area contributed by atoms with Crippen LogP contribution in [0, 0.1) is 0 Å². The molecule has 18 heavy (non-hydrogen) atoms. The van der Waals surface area contributed by atoms with E-state index in [0.29, 0.717) is 5.89 Å². The number of unbranched alkanes of at least 4 members (excludes halogenated alkanes) is 1. The highest BCUT2D eigenvalue weighted by atomic mass is 16.5. The average Bonchev–Trinajstić information content (AvgIpc) is 3.02. The molecule has 1 aliphatic rings. The molecule has 4 nitrogen and oxygen atoms in total. The van der Waals surface area contributed by atoms with E-state index in [2.05, 4.69) is 40.6 Å². The van der Waals surface area contributed by atoms with Crippen molar-refractivity contribution in [3.63, 3.8) is 0 Å². The Morgan fingerprint density at radius 2 is 2.28 bits per heavy atom. The van der Waals surface area contributed by atoms with Crippen molar-refractivity contribution in [3.05, 3.63) is 41.5 Å². The fraction of sp³-hybridized carbons (Fsp3) is 0.429.